The number of aliphatic hydroxyl groups excluding tert-OH is 1. The Morgan fingerprint density at radius 1 is 1.45 bits per heavy atom. The lowest BCUT2D eigenvalue weighted by atomic mass is 9.91. The topological polar surface area (TPSA) is 52.6 Å². The smallest absolute Gasteiger partial charge is 0.322 e. The summed E-state index contributed by atoms with van der Waals surface area (Å²) in [6.07, 6.45) is 4.09. The van der Waals surface area contributed by atoms with Gasteiger partial charge in [-0.25, -0.2) is 4.79 Å². The van der Waals surface area contributed by atoms with Crippen LogP contribution in [-0.4, -0.2) is 41.5 Å². The van der Waals surface area contributed by atoms with Gasteiger partial charge in [0.2, 0.25) is 0 Å². The molecule has 1 fully saturated rings. The fraction of sp³-hybridized carbons (Fsp3) is 0.533. The van der Waals surface area contributed by atoms with Crippen molar-refractivity contribution in [3.8, 4) is 0 Å². The van der Waals surface area contributed by atoms with Crippen LogP contribution in [0.5, 0.6) is 0 Å². The van der Waals surface area contributed by atoms with Gasteiger partial charge in [-0.3, -0.25) is 0 Å². The molecule has 0 saturated carbocycles. The Morgan fingerprint density at radius 2 is 2.15 bits per heavy atom. The minimum absolute atomic E-state index is 0.0278. The van der Waals surface area contributed by atoms with E-state index in [1.807, 2.05) is 30.5 Å². The van der Waals surface area contributed by atoms with E-state index in [9.17, 15) is 9.90 Å². The van der Waals surface area contributed by atoms with Crippen molar-refractivity contribution in [2.24, 2.45) is 5.92 Å². The maximum Gasteiger partial charge on any atom is 0.322 e. The molecule has 0 aliphatic carbocycles. The van der Waals surface area contributed by atoms with E-state index >= 15 is 0 Å². The quantitative estimate of drug-likeness (QED) is 0.843. The lowest BCUT2D eigenvalue weighted by Gasteiger charge is -2.38. The summed E-state index contributed by atoms with van der Waals surface area (Å²) in [5, 5.41) is 12.4. The molecule has 4 nitrogen and oxygen atoms in total. The number of amides is 2. The van der Waals surface area contributed by atoms with E-state index in [0.717, 1.165) is 18.5 Å². The molecule has 110 valence electrons. The molecule has 0 spiro atoms. The molecule has 1 aromatic rings. The van der Waals surface area contributed by atoms with E-state index in [2.05, 4.69) is 12.2 Å². The zero-order valence-corrected chi connectivity index (χ0v) is 12.8. The van der Waals surface area contributed by atoms with Crippen LogP contribution in [0.25, 0.3) is 0 Å². The second-order valence-corrected chi connectivity index (χ2v) is 6.10. The zero-order valence-electron chi connectivity index (χ0n) is 12.0. The molecule has 2 rings (SSSR count). The SMILES string of the molecule is CSc1ccc(NC(=O)N2CCCC(C)C2CO)cc1. The van der Waals surface area contributed by atoms with Gasteiger partial charge >= 0.3 is 6.03 Å². The minimum Gasteiger partial charge on any atom is -0.394 e. The van der Waals surface area contributed by atoms with Gasteiger partial charge in [0.25, 0.3) is 0 Å². The summed E-state index contributed by atoms with van der Waals surface area (Å²) in [5.74, 6) is 0.346. The summed E-state index contributed by atoms with van der Waals surface area (Å²) in [6, 6.07) is 7.60. The highest BCUT2D eigenvalue weighted by Gasteiger charge is 2.31. The summed E-state index contributed by atoms with van der Waals surface area (Å²) in [7, 11) is 0. The predicted molar refractivity (Wildman–Crippen MR) is 83.2 cm³/mol. The highest BCUT2D eigenvalue weighted by Crippen LogP contribution is 2.24. The third kappa shape index (κ3) is 3.46. The summed E-state index contributed by atoms with van der Waals surface area (Å²) in [4.78, 5) is 15.3. The number of rotatable bonds is 3. The van der Waals surface area contributed by atoms with E-state index in [0.29, 0.717) is 12.5 Å². The standard InChI is InChI=1S/C15H22N2O2S/c1-11-4-3-9-17(14(11)10-18)15(19)16-12-5-7-13(20-2)8-6-12/h5-8,11,14,18H,3-4,9-10H2,1-2H3,(H,16,19). The Bertz CT molecular complexity index is 450. The lowest BCUT2D eigenvalue weighted by Crippen LogP contribution is -2.51. The monoisotopic (exact) mass is 294 g/mol. The zero-order chi connectivity index (χ0) is 14.5. The maximum absolute atomic E-state index is 12.3. The molecule has 1 heterocycles. The van der Waals surface area contributed by atoms with Crippen LogP contribution in [0, 0.1) is 5.92 Å². The van der Waals surface area contributed by atoms with Gasteiger partial charge in [-0.05, 0) is 49.3 Å². The number of hydrogen-bond acceptors (Lipinski definition) is 3. The van der Waals surface area contributed by atoms with Gasteiger partial charge in [0.05, 0.1) is 12.6 Å². The lowest BCUT2D eigenvalue weighted by molar-refractivity contribution is 0.0811. The first-order chi connectivity index (χ1) is 9.65. The fourth-order valence-corrected chi connectivity index (χ4v) is 3.06. The first kappa shape index (κ1) is 15.2. The second kappa shape index (κ2) is 6.99. The number of anilines is 1. The molecule has 1 saturated heterocycles. The Kier molecular flexibility index (Phi) is 5.31. The molecular weight excluding hydrogens is 272 g/mol. The van der Waals surface area contributed by atoms with E-state index in [4.69, 9.17) is 0 Å². The summed E-state index contributed by atoms with van der Waals surface area (Å²) in [5.41, 5.74) is 0.794. The van der Waals surface area contributed by atoms with Crippen LogP contribution in [0.2, 0.25) is 0 Å². The van der Waals surface area contributed by atoms with Crippen molar-refractivity contribution in [2.75, 3.05) is 24.7 Å². The maximum atomic E-state index is 12.3. The third-order valence-corrected chi connectivity index (χ3v) is 4.65. The number of benzene rings is 1. The molecule has 20 heavy (non-hydrogen) atoms. The van der Waals surface area contributed by atoms with E-state index < -0.39 is 0 Å². The second-order valence-electron chi connectivity index (χ2n) is 5.22. The van der Waals surface area contributed by atoms with Crippen molar-refractivity contribution in [2.45, 2.75) is 30.7 Å². The van der Waals surface area contributed by atoms with Crippen molar-refractivity contribution in [3.05, 3.63) is 24.3 Å². The Hall–Kier alpha value is -1.20. The molecule has 5 heteroatoms. The van der Waals surface area contributed by atoms with Gasteiger partial charge in [-0.2, -0.15) is 0 Å². The van der Waals surface area contributed by atoms with Crippen molar-refractivity contribution in [3.63, 3.8) is 0 Å². The molecule has 1 aliphatic rings. The van der Waals surface area contributed by atoms with Crippen LogP contribution in [0.15, 0.2) is 29.2 Å². The number of hydrogen-bond donors (Lipinski definition) is 2. The molecular formula is C15H22N2O2S. The first-order valence-electron chi connectivity index (χ1n) is 6.98. The molecule has 0 aromatic heterocycles. The minimum atomic E-state index is -0.118. The van der Waals surface area contributed by atoms with Gasteiger partial charge < -0.3 is 15.3 Å². The molecule has 2 N–H and O–H groups in total. The number of carbonyl (C=O) groups excluding carboxylic acids is 1. The van der Waals surface area contributed by atoms with Gasteiger partial charge in [-0.1, -0.05) is 6.92 Å². The van der Waals surface area contributed by atoms with Gasteiger partial charge in [-0.15, -0.1) is 11.8 Å². The summed E-state index contributed by atoms with van der Waals surface area (Å²) in [6.45, 7) is 2.83. The Balaban J connectivity index is 2.02. The van der Waals surface area contributed by atoms with Crippen molar-refractivity contribution < 1.29 is 9.90 Å². The van der Waals surface area contributed by atoms with E-state index in [-0.39, 0.29) is 18.7 Å². The van der Waals surface area contributed by atoms with E-state index in [1.165, 1.54) is 4.90 Å². The number of nitrogens with zero attached hydrogens (tertiary/aromatic N) is 1. The summed E-state index contributed by atoms with van der Waals surface area (Å²) >= 11 is 1.67. The van der Waals surface area contributed by atoms with Crippen LogP contribution in [0.4, 0.5) is 10.5 Å². The largest absolute Gasteiger partial charge is 0.394 e. The number of likely N-dealkylation sites (tertiary alicyclic amines) is 1. The van der Waals surface area contributed by atoms with Gasteiger partial charge in [0.15, 0.2) is 0 Å². The van der Waals surface area contributed by atoms with Crippen LogP contribution >= 0.6 is 11.8 Å². The summed E-state index contributed by atoms with van der Waals surface area (Å²) < 4.78 is 0. The average molecular weight is 294 g/mol. The van der Waals surface area contributed by atoms with Crippen molar-refractivity contribution in [1.82, 2.24) is 4.90 Å². The van der Waals surface area contributed by atoms with Crippen LogP contribution in [0.1, 0.15) is 19.8 Å². The number of nitrogens with one attached hydrogen (secondary N) is 1. The number of piperidine rings is 1. The molecule has 0 radical (unpaired) electrons. The Labute approximate surface area is 124 Å². The number of thioether (sulfide) groups is 1. The molecule has 1 aliphatic heterocycles. The third-order valence-electron chi connectivity index (χ3n) is 3.90. The average Bonchev–Trinajstić information content (AvgIpc) is 2.47. The molecule has 0 bridgehead atoms. The molecule has 2 unspecified atom stereocenters. The van der Waals surface area contributed by atoms with E-state index in [1.54, 1.807) is 16.7 Å². The highest BCUT2D eigenvalue weighted by atomic mass is 32.2. The van der Waals surface area contributed by atoms with Crippen LogP contribution < -0.4 is 5.32 Å². The number of aliphatic hydroxyl groups is 1. The normalized spacial score (nSPS) is 22.6. The molecule has 2 amide bonds. The van der Waals surface area contributed by atoms with Crippen molar-refractivity contribution in [1.29, 1.82) is 0 Å². The van der Waals surface area contributed by atoms with Crippen LogP contribution in [0.3, 0.4) is 0 Å². The molecule has 2 atom stereocenters. The fourth-order valence-electron chi connectivity index (χ4n) is 2.65. The van der Waals surface area contributed by atoms with Gasteiger partial charge in [0, 0.05) is 17.1 Å². The molecule has 1 aromatic carbocycles. The predicted octanol–water partition coefficient (Wildman–Crippen LogP) is 3.03. The van der Waals surface area contributed by atoms with Gasteiger partial charge in [0.1, 0.15) is 0 Å². The number of carbonyl (C=O) groups is 1. The number of urea groups is 1. The first-order valence-corrected chi connectivity index (χ1v) is 8.20. The van der Waals surface area contributed by atoms with Crippen molar-refractivity contribution >= 4 is 23.5 Å². The van der Waals surface area contributed by atoms with Crippen LogP contribution in [-0.2, 0) is 0 Å². The Morgan fingerprint density at radius 3 is 2.75 bits per heavy atom. The highest BCUT2D eigenvalue weighted by molar-refractivity contribution is 7.98.